The van der Waals surface area contributed by atoms with Gasteiger partial charge >= 0.3 is 0 Å². The number of methoxy groups -OCH3 is 1. The second-order valence-corrected chi connectivity index (χ2v) is 4.06. The van der Waals surface area contributed by atoms with Crippen LogP contribution in [0.1, 0.15) is 19.3 Å². The van der Waals surface area contributed by atoms with Crippen molar-refractivity contribution in [2.45, 2.75) is 24.8 Å². The van der Waals surface area contributed by atoms with E-state index >= 15 is 0 Å². The Balaban J connectivity index is 2.21. The molecule has 0 atom stereocenters. The molecule has 6 heteroatoms. The number of ether oxygens (including phenoxy) is 1. The second-order valence-electron chi connectivity index (χ2n) is 4.06. The third kappa shape index (κ3) is 1.76. The molecule has 0 unspecified atom stereocenters. The smallest absolute Gasteiger partial charge is 0.242 e. The summed E-state index contributed by atoms with van der Waals surface area (Å²) in [6.07, 6.45) is 4.35. The molecule has 1 saturated carbocycles. The number of aromatic nitrogens is 2. The van der Waals surface area contributed by atoms with Gasteiger partial charge in [-0.25, -0.2) is 4.98 Å². The van der Waals surface area contributed by atoms with Crippen LogP contribution in [0, 0.1) is 0 Å². The first kappa shape index (κ1) is 10.9. The lowest BCUT2D eigenvalue weighted by Crippen LogP contribution is -2.48. The van der Waals surface area contributed by atoms with Crippen LogP contribution in [-0.4, -0.2) is 34.3 Å². The molecule has 1 aliphatic carbocycles. The molecule has 0 aromatic carbocycles. The standard InChI is InChI=1S/C10H16N4O2/c1-16-9-7(11)8(12-6-13-9)14-10(5-15)3-2-4-10/h6,15H,2-5,11H2,1H3,(H,12,13,14). The Hall–Kier alpha value is -1.56. The molecule has 88 valence electrons. The third-order valence-electron chi connectivity index (χ3n) is 3.04. The van der Waals surface area contributed by atoms with Crippen LogP contribution in [0.4, 0.5) is 11.5 Å². The fourth-order valence-electron chi connectivity index (χ4n) is 1.82. The van der Waals surface area contributed by atoms with E-state index in [-0.39, 0.29) is 12.1 Å². The molecule has 1 aliphatic rings. The molecule has 2 rings (SSSR count). The fraction of sp³-hybridized carbons (Fsp3) is 0.600. The van der Waals surface area contributed by atoms with E-state index in [4.69, 9.17) is 10.5 Å². The topological polar surface area (TPSA) is 93.3 Å². The van der Waals surface area contributed by atoms with Crippen molar-refractivity contribution in [3.63, 3.8) is 0 Å². The van der Waals surface area contributed by atoms with E-state index in [2.05, 4.69) is 15.3 Å². The van der Waals surface area contributed by atoms with Crippen LogP contribution in [0.25, 0.3) is 0 Å². The van der Waals surface area contributed by atoms with Crippen molar-refractivity contribution in [1.82, 2.24) is 9.97 Å². The normalized spacial score (nSPS) is 17.6. The summed E-state index contributed by atoms with van der Waals surface area (Å²) in [5, 5.41) is 12.5. The number of hydrogen-bond donors (Lipinski definition) is 3. The summed E-state index contributed by atoms with van der Waals surface area (Å²) < 4.78 is 5.01. The first-order chi connectivity index (χ1) is 7.71. The fourth-order valence-corrected chi connectivity index (χ4v) is 1.82. The van der Waals surface area contributed by atoms with Crippen LogP contribution >= 0.6 is 0 Å². The Bertz CT molecular complexity index is 374. The molecule has 0 bridgehead atoms. The number of anilines is 2. The minimum Gasteiger partial charge on any atom is -0.479 e. The van der Waals surface area contributed by atoms with Crippen molar-refractivity contribution < 1.29 is 9.84 Å². The first-order valence-electron chi connectivity index (χ1n) is 5.24. The molecule has 4 N–H and O–H groups in total. The van der Waals surface area contributed by atoms with Gasteiger partial charge in [0.05, 0.1) is 19.3 Å². The van der Waals surface area contributed by atoms with Gasteiger partial charge in [0.1, 0.15) is 12.0 Å². The van der Waals surface area contributed by atoms with Crippen LogP contribution in [0.5, 0.6) is 5.88 Å². The minimum absolute atomic E-state index is 0.0821. The van der Waals surface area contributed by atoms with E-state index in [9.17, 15) is 5.11 Å². The van der Waals surface area contributed by atoms with Crippen molar-refractivity contribution in [3.8, 4) is 5.88 Å². The summed E-state index contributed by atoms with van der Waals surface area (Å²) in [6, 6.07) is 0. The number of nitrogens with zero attached hydrogens (tertiary/aromatic N) is 2. The molecular formula is C10H16N4O2. The molecule has 1 aromatic rings. The monoisotopic (exact) mass is 224 g/mol. The SMILES string of the molecule is COc1ncnc(NC2(CO)CCC2)c1N. The van der Waals surface area contributed by atoms with Crippen molar-refractivity contribution in [3.05, 3.63) is 6.33 Å². The van der Waals surface area contributed by atoms with Gasteiger partial charge in [-0.1, -0.05) is 0 Å². The van der Waals surface area contributed by atoms with E-state index in [1.165, 1.54) is 13.4 Å². The lowest BCUT2D eigenvalue weighted by atomic mass is 9.77. The zero-order valence-corrected chi connectivity index (χ0v) is 9.23. The van der Waals surface area contributed by atoms with Gasteiger partial charge < -0.3 is 20.9 Å². The van der Waals surface area contributed by atoms with Crippen molar-refractivity contribution >= 4 is 11.5 Å². The number of hydrogen-bond acceptors (Lipinski definition) is 6. The number of rotatable bonds is 4. The summed E-state index contributed by atoms with van der Waals surface area (Å²) in [5.74, 6) is 0.880. The molecule has 0 spiro atoms. The summed E-state index contributed by atoms with van der Waals surface area (Å²) in [4.78, 5) is 7.96. The average molecular weight is 224 g/mol. The van der Waals surface area contributed by atoms with Crippen molar-refractivity contribution in [2.75, 3.05) is 24.8 Å². The van der Waals surface area contributed by atoms with Gasteiger partial charge in [0, 0.05) is 0 Å². The van der Waals surface area contributed by atoms with Gasteiger partial charge in [-0.05, 0) is 19.3 Å². The number of nitrogens with one attached hydrogen (secondary N) is 1. The van der Waals surface area contributed by atoms with E-state index in [0.29, 0.717) is 17.4 Å². The van der Waals surface area contributed by atoms with Crippen LogP contribution in [0.15, 0.2) is 6.33 Å². The Morgan fingerprint density at radius 1 is 1.56 bits per heavy atom. The summed E-state index contributed by atoms with van der Waals surface area (Å²) >= 11 is 0. The Morgan fingerprint density at radius 2 is 2.31 bits per heavy atom. The Morgan fingerprint density at radius 3 is 2.81 bits per heavy atom. The number of nitrogens with two attached hydrogens (primary N) is 1. The molecule has 0 radical (unpaired) electrons. The average Bonchev–Trinajstić information content (AvgIpc) is 2.25. The molecule has 0 amide bonds. The second kappa shape index (κ2) is 4.13. The zero-order valence-electron chi connectivity index (χ0n) is 9.23. The Labute approximate surface area is 93.9 Å². The lowest BCUT2D eigenvalue weighted by Gasteiger charge is -2.41. The van der Waals surface area contributed by atoms with E-state index < -0.39 is 0 Å². The predicted molar refractivity (Wildman–Crippen MR) is 60.3 cm³/mol. The molecule has 1 fully saturated rings. The van der Waals surface area contributed by atoms with Gasteiger partial charge in [-0.2, -0.15) is 4.98 Å². The first-order valence-corrected chi connectivity index (χ1v) is 5.24. The predicted octanol–water partition coefficient (Wildman–Crippen LogP) is 0.394. The van der Waals surface area contributed by atoms with E-state index in [1.54, 1.807) is 0 Å². The van der Waals surface area contributed by atoms with Gasteiger partial charge in [0.2, 0.25) is 5.88 Å². The maximum Gasteiger partial charge on any atom is 0.242 e. The molecule has 6 nitrogen and oxygen atoms in total. The lowest BCUT2D eigenvalue weighted by molar-refractivity contribution is 0.144. The quantitative estimate of drug-likeness (QED) is 0.685. The molecule has 1 aromatic heterocycles. The third-order valence-corrected chi connectivity index (χ3v) is 3.04. The zero-order chi connectivity index (χ0) is 11.6. The highest BCUT2D eigenvalue weighted by atomic mass is 16.5. The van der Waals surface area contributed by atoms with Gasteiger partial charge in [-0.3, -0.25) is 0 Å². The summed E-state index contributed by atoms with van der Waals surface area (Å²) in [5.41, 5.74) is 5.95. The largest absolute Gasteiger partial charge is 0.479 e. The molecule has 0 aliphatic heterocycles. The highest BCUT2D eigenvalue weighted by molar-refractivity contribution is 5.67. The van der Waals surface area contributed by atoms with E-state index in [1.807, 2.05) is 0 Å². The molecule has 16 heavy (non-hydrogen) atoms. The van der Waals surface area contributed by atoms with Crippen molar-refractivity contribution in [1.29, 1.82) is 0 Å². The maximum absolute atomic E-state index is 9.34. The van der Waals surface area contributed by atoms with Crippen LogP contribution in [0.2, 0.25) is 0 Å². The van der Waals surface area contributed by atoms with Crippen LogP contribution in [-0.2, 0) is 0 Å². The number of aliphatic hydroxyl groups excluding tert-OH is 1. The van der Waals surface area contributed by atoms with Crippen molar-refractivity contribution in [2.24, 2.45) is 0 Å². The summed E-state index contributed by atoms with van der Waals surface area (Å²) in [7, 11) is 1.51. The molecule has 0 saturated heterocycles. The highest BCUT2D eigenvalue weighted by Gasteiger charge is 2.37. The highest BCUT2D eigenvalue weighted by Crippen LogP contribution is 2.36. The minimum atomic E-state index is -0.270. The summed E-state index contributed by atoms with van der Waals surface area (Å²) in [6.45, 7) is 0.0821. The Kier molecular flexibility index (Phi) is 2.82. The number of aliphatic hydroxyl groups is 1. The van der Waals surface area contributed by atoms with E-state index in [0.717, 1.165) is 19.3 Å². The molecule has 1 heterocycles. The van der Waals surface area contributed by atoms with Crippen LogP contribution < -0.4 is 15.8 Å². The number of nitrogen functional groups attached to an aromatic ring is 1. The van der Waals surface area contributed by atoms with Gasteiger partial charge in [-0.15, -0.1) is 0 Å². The van der Waals surface area contributed by atoms with Crippen LogP contribution in [0.3, 0.4) is 0 Å². The maximum atomic E-state index is 9.34. The van der Waals surface area contributed by atoms with Gasteiger partial charge in [0.15, 0.2) is 5.82 Å². The van der Waals surface area contributed by atoms with Gasteiger partial charge in [0.25, 0.3) is 0 Å². The molecular weight excluding hydrogens is 208 g/mol.